The van der Waals surface area contributed by atoms with E-state index < -0.39 is 6.10 Å². The molecule has 0 bridgehead atoms. The Balaban J connectivity index is 2.71. The third-order valence-electron chi connectivity index (χ3n) is 3.65. The number of nitrogens with zero attached hydrogens (tertiary/aromatic N) is 1. The summed E-state index contributed by atoms with van der Waals surface area (Å²) < 4.78 is 7.37. The van der Waals surface area contributed by atoms with Gasteiger partial charge in [0.1, 0.15) is 12.8 Å². The number of hydrogen-bond acceptors (Lipinski definition) is 4. The molecule has 2 rings (SSSR count). The molecule has 2 aromatic rings. The van der Waals surface area contributed by atoms with Gasteiger partial charge < -0.3 is 9.84 Å². The van der Waals surface area contributed by atoms with Crippen molar-refractivity contribution in [2.45, 2.75) is 39.5 Å². The standard InChI is InChI=1S/C17H22N2O3S/c1-4-22-10-19-14(15(20)12-8-6-5-7-9-12)13(11(2)3)16(21)18-17(19)23/h5-9,11,15,20H,4,10H2,1-3H3,(H,18,21,23). The van der Waals surface area contributed by atoms with E-state index in [4.69, 9.17) is 17.0 Å². The summed E-state index contributed by atoms with van der Waals surface area (Å²) in [5.41, 5.74) is 1.46. The highest BCUT2D eigenvalue weighted by atomic mass is 32.1. The van der Waals surface area contributed by atoms with Crippen LogP contribution in [-0.2, 0) is 11.5 Å². The SMILES string of the molecule is CCOCn1c(C(O)c2ccccc2)c(C(C)C)c(=O)[nH]c1=S. The maximum absolute atomic E-state index is 12.4. The molecule has 1 atom stereocenters. The number of aromatic nitrogens is 2. The molecule has 0 aliphatic heterocycles. The molecule has 0 saturated heterocycles. The van der Waals surface area contributed by atoms with E-state index in [2.05, 4.69) is 4.98 Å². The van der Waals surface area contributed by atoms with Crippen molar-refractivity contribution in [3.05, 3.63) is 62.3 Å². The highest BCUT2D eigenvalue weighted by Gasteiger charge is 2.23. The summed E-state index contributed by atoms with van der Waals surface area (Å²) in [6.45, 7) is 6.41. The van der Waals surface area contributed by atoms with Crippen LogP contribution in [0.5, 0.6) is 0 Å². The van der Waals surface area contributed by atoms with Crippen LogP contribution in [0.15, 0.2) is 35.1 Å². The minimum Gasteiger partial charge on any atom is -0.382 e. The fraction of sp³-hybridized carbons (Fsp3) is 0.412. The Hall–Kier alpha value is -1.76. The lowest BCUT2D eigenvalue weighted by Crippen LogP contribution is -2.27. The van der Waals surface area contributed by atoms with Gasteiger partial charge in [-0.3, -0.25) is 14.3 Å². The predicted molar refractivity (Wildman–Crippen MR) is 92.1 cm³/mol. The molecule has 0 saturated carbocycles. The second-order valence-corrected chi connectivity index (χ2v) is 5.96. The number of rotatable bonds is 6. The minimum atomic E-state index is -0.946. The van der Waals surface area contributed by atoms with E-state index in [0.29, 0.717) is 23.4 Å². The van der Waals surface area contributed by atoms with Crippen LogP contribution in [0.4, 0.5) is 0 Å². The van der Waals surface area contributed by atoms with Crippen LogP contribution in [-0.4, -0.2) is 21.3 Å². The highest BCUT2D eigenvalue weighted by molar-refractivity contribution is 7.71. The first-order valence-corrected chi connectivity index (χ1v) is 8.05. The van der Waals surface area contributed by atoms with Crippen molar-refractivity contribution in [1.29, 1.82) is 0 Å². The third-order valence-corrected chi connectivity index (χ3v) is 3.98. The van der Waals surface area contributed by atoms with E-state index in [1.54, 1.807) is 4.57 Å². The van der Waals surface area contributed by atoms with E-state index in [-0.39, 0.29) is 23.0 Å². The first-order valence-electron chi connectivity index (χ1n) is 7.65. The second kappa shape index (κ2) is 7.68. The Morgan fingerprint density at radius 1 is 1.30 bits per heavy atom. The minimum absolute atomic E-state index is 0.0596. The van der Waals surface area contributed by atoms with Gasteiger partial charge in [-0.1, -0.05) is 44.2 Å². The predicted octanol–water partition coefficient (Wildman–Crippen LogP) is 3.10. The van der Waals surface area contributed by atoms with E-state index in [9.17, 15) is 9.90 Å². The third kappa shape index (κ3) is 3.77. The Labute approximate surface area is 140 Å². The van der Waals surface area contributed by atoms with Crippen molar-refractivity contribution >= 4 is 12.2 Å². The molecule has 0 spiro atoms. The molecule has 1 aromatic heterocycles. The molecule has 5 nitrogen and oxygen atoms in total. The summed E-state index contributed by atoms with van der Waals surface area (Å²) in [5.74, 6) is -0.0596. The van der Waals surface area contributed by atoms with Crippen molar-refractivity contribution in [2.24, 2.45) is 0 Å². The highest BCUT2D eigenvalue weighted by Crippen LogP contribution is 2.27. The Kier molecular flexibility index (Phi) is 5.87. The molecule has 0 amide bonds. The molecule has 1 unspecified atom stereocenters. The quantitative estimate of drug-likeness (QED) is 0.797. The monoisotopic (exact) mass is 334 g/mol. The summed E-state index contributed by atoms with van der Waals surface area (Å²) in [4.78, 5) is 15.1. The first-order chi connectivity index (χ1) is 11.0. The molecule has 6 heteroatoms. The molecule has 2 N–H and O–H groups in total. The molecular weight excluding hydrogens is 312 g/mol. The molecule has 0 aliphatic carbocycles. The Morgan fingerprint density at radius 3 is 2.52 bits per heavy atom. The van der Waals surface area contributed by atoms with E-state index in [0.717, 1.165) is 0 Å². The maximum Gasteiger partial charge on any atom is 0.255 e. The van der Waals surface area contributed by atoms with Gasteiger partial charge in [-0.2, -0.15) is 0 Å². The van der Waals surface area contributed by atoms with Crippen molar-refractivity contribution < 1.29 is 9.84 Å². The second-order valence-electron chi connectivity index (χ2n) is 5.58. The van der Waals surface area contributed by atoms with Crippen LogP contribution in [0.1, 0.15) is 49.6 Å². The number of aromatic amines is 1. The van der Waals surface area contributed by atoms with E-state index in [1.807, 2.05) is 51.1 Å². The average Bonchev–Trinajstić information content (AvgIpc) is 2.53. The van der Waals surface area contributed by atoms with Gasteiger partial charge in [0.15, 0.2) is 4.77 Å². The van der Waals surface area contributed by atoms with Gasteiger partial charge in [-0.05, 0) is 30.6 Å². The van der Waals surface area contributed by atoms with Gasteiger partial charge in [-0.15, -0.1) is 0 Å². The van der Waals surface area contributed by atoms with Gasteiger partial charge in [0.25, 0.3) is 5.56 Å². The average molecular weight is 334 g/mol. The number of hydrogen-bond donors (Lipinski definition) is 2. The molecule has 23 heavy (non-hydrogen) atoms. The topological polar surface area (TPSA) is 67.2 Å². The number of aliphatic hydroxyl groups is 1. The zero-order valence-electron chi connectivity index (χ0n) is 13.6. The number of benzene rings is 1. The number of H-pyrrole nitrogens is 1. The first kappa shape index (κ1) is 17.6. The van der Waals surface area contributed by atoms with Crippen LogP contribution in [0.3, 0.4) is 0 Å². The fourth-order valence-electron chi connectivity index (χ4n) is 2.56. The summed E-state index contributed by atoms with van der Waals surface area (Å²) in [6.07, 6.45) is -0.946. The maximum atomic E-state index is 12.4. The Bertz CT molecular complexity index is 766. The molecule has 0 radical (unpaired) electrons. The van der Waals surface area contributed by atoms with Crippen LogP contribution in [0, 0.1) is 4.77 Å². The summed E-state index contributed by atoms with van der Waals surface area (Å²) in [6, 6.07) is 9.22. The lowest BCUT2D eigenvalue weighted by Gasteiger charge is -2.23. The number of ether oxygens (including phenoxy) is 1. The summed E-state index contributed by atoms with van der Waals surface area (Å²) >= 11 is 5.27. The van der Waals surface area contributed by atoms with E-state index in [1.165, 1.54) is 0 Å². The van der Waals surface area contributed by atoms with Crippen LogP contribution in [0.2, 0.25) is 0 Å². The molecular formula is C17H22N2O3S. The van der Waals surface area contributed by atoms with Crippen molar-refractivity contribution in [3.63, 3.8) is 0 Å². The van der Waals surface area contributed by atoms with Gasteiger partial charge in [0.05, 0.1) is 5.69 Å². The van der Waals surface area contributed by atoms with Crippen molar-refractivity contribution in [2.75, 3.05) is 6.61 Å². The normalized spacial score (nSPS) is 12.6. The molecule has 124 valence electrons. The molecule has 1 aromatic carbocycles. The summed E-state index contributed by atoms with van der Waals surface area (Å²) in [7, 11) is 0. The molecule has 0 fully saturated rings. The van der Waals surface area contributed by atoms with Crippen LogP contribution >= 0.6 is 12.2 Å². The van der Waals surface area contributed by atoms with Gasteiger partial charge in [0, 0.05) is 12.2 Å². The zero-order chi connectivity index (χ0) is 17.0. The van der Waals surface area contributed by atoms with Crippen molar-refractivity contribution in [3.8, 4) is 0 Å². The molecule has 1 heterocycles. The number of nitrogens with one attached hydrogen (secondary N) is 1. The van der Waals surface area contributed by atoms with Crippen LogP contribution in [0.25, 0.3) is 0 Å². The smallest absolute Gasteiger partial charge is 0.255 e. The fourth-order valence-corrected chi connectivity index (χ4v) is 2.80. The zero-order valence-corrected chi connectivity index (χ0v) is 14.4. The van der Waals surface area contributed by atoms with Crippen molar-refractivity contribution in [1.82, 2.24) is 9.55 Å². The van der Waals surface area contributed by atoms with E-state index >= 15 is 0 Å². The molecule has 0 aliphatic rings. The summed E-state index contributed by atoms with van der Waals surface area (Å²) in [5, 5.41) is 10.9. The van der Waals surface area contributed by atoms with Gasteiger partial charge >= 0.3 is 0 Å². The van der Waals surface area contributed by atoms with Gasteiger partial charge in [0.2, 0.25) is 0 Å². The number of aliphatic hydroxyl groups excluding tert-OH is 1. The van der Waals surface area contributed by atoms with Crippen LogP contribution < -0.4 is 5.56 Å². The lowest BCUT2D eigenvalue weighted by molar-refractivity contribution is 0.0766. The largest absolute Gasteiger partial charge is 0.382 e. The lowest BCUT2D eigenvalue weighted by atomic mass is 9.96. The Morgan fingerprint density at radius 2 is 1.96 bits per heavy atom. The van der Waals surface area contributed by atoms with Gasteiger partial charge in [-0.25, -0.2) is 0 Å².